The highest BCUT2D eigenvalue weighted by Gasteiger charge is 2.31. The summed E-state index contributed by atoms with van der Waals surface area (Å²) in [6.45, 7) is 1.11. The van der Waals surface area contributed by atoms with E-state index in [-0.39, 0.29) is 28.9 Å². The molecule has 0 atom stereocenters. The van der Waals surface area contributed by atoms with Gasteiger partial charge in [0.2, 0.25) is 10.0 Å². The van der Waals surface area contributed by atoms with Crippen molar-refractivity contribution in [1.82, 2.24) is 9.21 Å². The Balaban J connectivity index is 1.70. The molecule has 1 heterocycles. The van der Waals surface area contributed by atoms with Crippen LogP contribution in [0.25, 0.3) is 0 Å². The van der Waals surface area contributed by atoms with Gasteiger partial charge in [-0.1, -0.05) is 35.3 Å². The first-order valence-corrected chi connectivity index (χ1v) is 9.89. The average Bonchev–Trinajstić information content (AvgIpc) is 2.62. The highest BCUT2D eigenvalue weighted by atomic mass is 35.5. The van der Waals surface area contributed by atoms with Gasteiger partial charge in [-0.3, -0.25) is 4.79 Å². The van der Waals surface area contributed by atoms with E-state index < -0.39 is 10.0 Å². The van der Waals surface area contributed by atoms with Gasteiger partial charge in [-0.25, -0.2) is 8.42 Å². The van der Waals surface area contributed by atoms with Crippen molar-refractivity contribution in [3.63, 3.8) is 0 Å². The molecule has 1 fully saturated rings. The third-order valence-corrected chi connectivity index (χ3v) is 6.72. The first-order valence-electron chi connectivity index (χ1n) is 7.69. The molecule has 8 heteroatoms. The second-order valence-electron chi connectivity index (χ2n) is 5.63. The van der Waals surface area contributed by atoms with E-state index in [0.717, 1.165) is 0 Å². The van der Waals surface area contributed by atoms with Crippen molar-refractivity contribution in [2.45, 2.75) is 4.90 Å². The van der Waals surface area contributed by atoms with Crippen molar-refractivity contribution in [3.8, 4) is 0 Å². The van der Waals surface area contributed by atoms with E-state index in [2.05, 4.69) is 0 Å². The standard InChI is InChI=1S/C17H16Cl2N2O3S/c18-14-7-5-13(6-8-14)17(22)20-9-11-21(12-10-20)25(23,24)16-4-2-1-3-15(16)19/h1-8H,9-12H2. The van der Waals surface area contributed by atoms with Gasteiger partial charge < -0.3 is 4.90 Å². The maximum atomic E-state index is 12.7. The minimum atomic E-state index is -3.67. The normalized spacial score (nSPS) is 16.0. The maximum absolute atomic E-state index is 12.7. The Bertz CT molecular complexity index is 877. The molecular formula is C17H16Cl2N2O3S. The van der Waals surface area contributed by atoms with E-state index in [0.29, 0.717) is 23.7 Å². The Kier molecular flexibility index (Phi) is 5.34. The van der Waals surface area contributed by atoms with Crippen LogP contribution in [0.15, 0.2) is 53.4 Å². The van der Waals surface area contributed by atoms with Gasteiger partial charge in [0.1, 0.15) is 4.90 Å². The molecule has 5 nitrogen and oxygen atoms in total. The molecule has 2 aromatic rings. The molecule has 3 rings (SSSR count). The van der Waals surface area contributed by atoms with E-state index in [9.17, 15) is 13.2 Å². The third-order valence-electron chi connectivity index (χ3n) is 4.07. The molecule has 0 N–H and O–H groups in total. The summed E-state index contributed by atoms with van der Waals surface area (Å²) < 4.78 is 26.8. The van der Waals surface area contributed by atoms with Crippen LogP contribution in [0.1, 0.15) is 10.4 Å². The molecule has 0 aromatic heterocycles. The Morgan fingerprint density at radius 1 is 0.880 bits per heavy atom. The molecule has 1 aliphatic rings. The van der Waals surface area contributed by atoms with Crippen LogP contribution in [-0.4, -0.2) is 49.7 Å². The van der Waals surface area contributed by atoms with Crippen LogP contribution >= 0.6 is 23.2 Å². The lowest BCUT2D eigenvalue weighted by molar-refractivity contribution is 0.0698. The highest BCUT2D eigenvalue weighted by Crippen LogP contribution is 2.25. The van der Waals surface area contributed by atoms with Crippen molar-refractivity contribution in [2.75, 3.05) is 26.2 Å². The highest BCUT2D eigenvalue weighted by molar-refractivity contribution is 7.89. The second-order valence-corrected chi connectivity index (χ2v) is 8.38. The monoisotopic (exact) mass is 398 g/mol. The van der Waals surface area contributed by atoms with Crippen LogP contribution in [0.3, 0.4) is 0 Å². The number of sulfonamides is 1. The van der Waals surface area contributed by atoms with Crippen molar-refractivity contribution < 1.29 is 13.2 Å². The number of hydrogen-bond acceptors (Lipinski definition) is 3. The molecular weight excluding hydrogens is 383 g/mol. The van der Waals surface area contributed by atoms with E-state index in [1.807, 2.05) is 0 Å². The van der Waals surface area contributed by atoms with Crippen LogP contribution in [-0.2, 0) is 10.0 Å². The number of carbonyl (C=O) groups excluding carboxylic acids is 1. The first kappa shape index (κ1) is 18.2. The van der Waals surface area contributed by atoms with Crippen molar-refractivity contribution in [1.29, 1.82) is 0 Å². The van der Waals surface area contributed by atoms with Crippen LogP contribution in [0.5, 0.6) is 0 Å². The summed E-state index contributed by atoms with van der Waals surface area (Å²) in [5.41, 5.74) is 0.534. The van der Waals surface area contributed by atoms with E-state index in [4.69, 9.17) is 23.2 Å². The fraction of sp³-hybridized carbons (Fsp3) is 0.235. The van der Waals surface area contributed by atoms with Gasteiger partial charge in [0.15, 0.2) is 0 Å². The summed E-state index contributed by atoms with van der Waals surface area (Å²) in [7, 11) is -3.67. The number of piperazine rings is 1. The molecule has 0 radical (unpaired) electrons. The van der Waals surface area contributed by atoms with Gasteiger partial charge >= 0.3 is 0 Å². The van der Waals surface area contributed by atoms with Crippen LogP contribution in [0.2, 0.25) is 10.0 Å². The lowest BCUT2D eigenvalue weighted by Gasteiger charge is -2.34. The van der Waals surface area contributed by atoms with Gasteiger partial charge in [0.05, 0.1) is 5.02 Å². The summed E-state index contributed by atoms with van der Waals surface area (Å²) in [5.74, 6) is -0.133. The van der Waals surface area contributed by atoms with Crippen LogP contribution in [0.4, 0.5) is 0 Å². The quantitative estimate of drug-likeness (QED) is 0.797. The Hall–Kier alpha value is -1.60. The largest absolute Gasteiger partial charge is 0.336 e. The van der Waals surface area contributed by atoms with Crippen LogP contribution in [0, 0.1) is 0 Å². The lowest BCUT2D eigenvalue weighted by atomic mass is 10.2. The maximum Gasteiger partial charge on any atom is 0.253 e. The molecule has 1 saturated heterocycles. The first-order chi connectivity index (χ1) is 11.9. The molecule has 25 heavy (non-hydrogen) atoms. The predicted molar refractivity (Wildman–Crippen MR) is 97.6 cm³/mol. The molecule has 0 unspecified atom stereocenters. The summed E-state index contributed by atoms with van der Waals surface area (Å²) in [6, 6.07) is 13.0. The third kappa shape index (κ3) is 3.82. The van der Waals surface area contributed by atoms with Gasteiger partial charge in [-0.15, -0.1) is 0 Å². The summed E-state index contributed by atoms with van der Waals surface area (Å²) >= 11 is 11.9. The lowest BCUT2D eigenvalue weighted by Crippen LogP contribution is -2.50. The fourth-order valence-corrected chi connectivity index (χ4v) is 4.74. The van der Waals surface area contributed by atoms with Crippen molar-refractivity contribution >= 4 is 39.1 Å². The zero-order valence-corrected chi connectivity index (χ0v) is 15.6. The fourth-order valence-electron chi connectivity index (χ4n) is 2.70. The predicted octanol–water partition coefficient (Wildman–Crippen LogP) is 3.14. The zero-order valence-electron chi connectivity index (χ0n) is 13.2. The smallest absolute Gasteiger partial charge is 0.253 e. The molecule has 2 aromatic carbocycles. The van der Waals surface area contributed by atoms with E-state index >= 15 is 0 Å². The van der Waals surface area contributed by atoms with E-state index in [1.165, 1.54) is 10.4 Å². The van der Waals surface area contributed by atoms with Gasteiger partial charge in [-0.05, 0) is 36.4 Å². The minimum Gasteiger partial charge on any atom is -0.336 e. The topological polar surface area (TPSA) is 57.7 Å². The van der Waals surface area contributed by atoms with Crippen molar-refractivity contribution in [2.24, 2.45) is 0 Å². The number of benzene rings is 2. The number of amides is 1. The average molecular weight is 399 g/mol. The van der Waals surface area contributed by atoms with Gasteiger partial charge in [-0.2, -0.15) is 4.31 Å². The SMILES string of the molecule is O=C(c1ccc(Cl)cc1)N1CCN(S(=O)(=O)c2ccccc2Cl)CC1. The Morgan fingerprint density at radius 3 is 2.08 bits per heavy atom. The number of carbonyl (C=O) groups is 1. The number of halogens is 2. The summed E-state index contributed by atoms with van der Waals surface area (Å²) in [4.78, 5) is 14.2. The second kappa shape index (κ2) is 7.33. The Labute approximate surface area is 156 Å². The molecule has 0 aliphatic carbocycles. The summed E-state index contributed by atoms with van der Waals surface area (Å²) in [6.07, 6.45) is 0. The molecule has 132 valence electrons. The Morgan fingerprint density at radius 2 is 1.48 bits per heavy atom. The minimum absolute atomic E-state index is 0.0918. The van der Waals surface area contributed by atoms with E-state index in [1.54, 1.807) is 47.4 Å². The number of rotatable bonds is 3. The van der Waals surface area contributed by atoms with Gasteiger partial charge in [0.25, 0.3) is 5.91 Å². The van der Waals surface area contributed by atoms with Crippen molar-refractivity contribution in [3.05, 3.63) is 64.1 Å². The molecule has 0 saturated carbocycles. The van der Waals surface area contributed by atoms with Crippen LogP contribution < -0.4 is 0 Å². The summed E-state index contributed by atoms with van der Waals surface area (Å²) in [5, 5.41) is 0.759. The molecule has 0 spiro atoms. The number of nitrogens with zero attached hydrogens (tertiary/aromatic N) is 2. The molecule has 1 aliphatic heterocycles. The molecule has 1 amide bonds. The van der Waals surface area contributed by atoms with Gasteiger partial charge in [0, 0.05) is 36.8 Å². The molecule has 0 bridgehead atoms. The number of hydrogen-bond donors (Lipinski definition) is 0. The zero-order chi connectivity index (χ0) is 18.0.